The average Bonchev–Trinajstić information content (AvgIpc) is 2.93. The molecular weight excluding hydrogens is 389 g/mol. The van der Waals surface area contributed by atoms with Crippen LogP contribution >= 0.6 is 11.6 Å². The third kappa shape index (κ3) is 5.06. The van der Waals surface area contributed by atoms with Gasteiger partial charge in [-0.1, -0.05) is 54.8 Å². The number of halogens is 4. The molecule has 1 amide bonds. The van der Waals surface area contributed by atoms with Gasteiger partial charge in [0.15, 0.2) is 0 Å². The summed E-state index contributed by atoms with van der Waals surface area (Å²) in [5, 5.41) is 2.70. The molecule has 150 valence electrons. The van der Waals surface area contributed by atoms with Crippen molar-refractivity contribution in [3.8, 4) is 0 Å². The molecule has 28 heavy (non-hydrogen) atoms. The minimum Gasteiger partial charge on any atom is -0.323 e. The van der Waals surface area contributed by atoms with Crippen molar-refractivity contribution in [3.05, 3.63) is 64.7 Å². The molecule has 0 bridgehead atoms. The molecule has 1 fully saturated rings. The summed E-state index contributed by atoms with van der Waals surface area (Å²) in [5.41, 5.74) is -0.0690. The Hall–Kier alpha value is -2.05. The monoisotopic (exact) mass is 410 g/mol. The molecule has 0 spiro atoms. The van der Waals surface area contributed by atoms with E-state index in [1.54, 1.807) is 0 Å². The van der Waals surface area contributed by atoms with E-state index in [1.165, 1.54) is 0 Å². The van der Waals surface area contributed by atoms with Crippen LogP contribution in [0.25, 0.3) is 0 Å². The molecular formula is C21H22ClF3N2O. The van der Waals surface area contributed by atoms with E-state index in [4.69, 9.17) is 11.6 Å². The first-order valence-electron chi connectivity index (χ1n) is 9.33. The van der Waals surface area contributed by atoms with Gasteiger partial charge in [0.2, 0.25) is 5.91 Å². The Balaban J connectivity index is 1.90. The minimum absolute atomic E-state index is 0.0303. The van der Waals surface area contributed by atoms with E-state index in [-0.39, 0.29) is 16.6 Å². The molecule has 1 N–H and O–H groups in total. The van der Waals surface area contributed by atoms with Crippen LogP contribution in [0.1, 0.15) is 42.9 Å². The maximum Gasteiger partial charge on any atom is 0.416 e. The molecule has 1 saturated heterocycles. The van der Waals surface area contributed by atoms with E-state index in [1.807, 2.05) is 30.3 Å². The molecule has 1 aliphatic heterocycles. The second-order valence-corrected chi connectivity index (χ2v) is 7.35. The summed E-state index contributed by atoms with van der Waals surface area (Å²) in [6, 6.07) is 11.7. The van der Waals surface area contributed by atoms with E-state index >= 15 is 0 Å². The first-order chi connectivity index (χ1) is 13.4. The van der Waals surface area contributed by atoms with E-state index in [0.717, 1.165) is 62.5 Å². The Kier molecular flexibility index (Phi) is 6.62. The van der Waals surface area contributed by atoms with Gasteiger partial charge >= 0.3 is 6.18 Å². The number of anilines is 1. The summed E-state index contributed by atoms with van der Waals surface area (Å²) >= 11 is 6.06. The van der Waals surface area contributed by atoms with Crippen molar-refractivity contribution < 1.29 is 18.0 Å². The van der Waals surface area contributed by atoms with Crippen LogP contribution in [0.2, 0.25) is 5.02 Å². The van der Waals surface area contributed by atoms with Crippen LogP contribution < -0.4 is 5.32 Å². The quantitative estimate of drug-likeness (QED) is 0.679. The molecule has 0 aromatic heterocycles. The highest BCUT2D eigenvalue weighted by Crippen LogP contribution is 2.34. The number of hydrogen-bond acceptors (Lipinski definition) is 2. The van der Waals surface area contributed by atoms with Crippen molar-refractivity contribution in [3.63, 3.8) is 0 Å². The molecule has 7 heteroatoms. The van der Waals surface area contributed by atoms with Gasteiger partial charge in [-0.15, -0.1) is 0 Å². The lowest BCUT2D eigenvalue weighted by molar-refractivity contribution is -0.137. The number of carbonyl (C=O) groups excluding carboxylic acids is 1. The lowest BCUT2D eigenvalue weighted by Gasteiger charge is -2.30. The Labute approximate surface area is 167 Å². The zero-order valence-electron chi connectivity index (χ0n) is 15.3. The van der Waals surface area contributed by atoms with E-state index < -0.39 is 17.8 Å². The first-order valence-corrected chi connectivity index (χ1v) is 9.70. The third-order valence-electron chi connectivity index (χ3n) is 4.92. The molecule has 2 aromatic carbocycles. The summed E-state index contributed by atoms with van der Waals surface area (Å²) < 4.78 is 39.1. The SMILES string of the molecule is O=C(Nc1cc(C(F)(F)F)ccc1Cl)C(c1ccccc1)N1CCCCCC1. The average molecular weight is 411 g/mol. The fourth-order valence-electron chi connectivity index (χ4n) is 3.52. The van der Waals surface area contributed by atoms with Gasteiger partial charge in [0.1, 0.15) is 6.04 Å². The topological polar surface area (TPSA) is 32.3 Å². The van der Waals surface area contributed by atoms with Crippen molar-refractivity contribution in [2.24, 2.45) is 0 Å². The Morgan fingerprint density at radius 3 is 2.25 bits per heavy atom. The molecule has 0 aliphatic carbocycles. The highest BCUT2D eigenvalue weighted by molar-refractivity contribution is 6.33. The standard InChI is InChI=1S/C21H22ClF3N2O/c22-17-11-10-16(21(23,24)25)14-18(17)26-20(28)19(15-8-4-3-5-9-15)27-12-6-1-2-7-13-27/h3-5,8-11,14,19H,1-2,6-7,12-13H2,(H,26,28). The summed E-state index contributed by atoms with van der Waals surface area (Å²) in [6.45, 7) is 1.53. The predicted octanol–water partition coefficient (Wildman–Crippen LogP) is 5.91. The van der Waals surface area contributed by atoms with Gasteiger partial charge in [-0.05, 0) is 49.7 Å². The van der Waals surface area contributed by atoms with E-state index in [2.05, 4.69) is 10.2 Å². The Morgan fingerprint density at radius 2 is 1.64 bits per heavy atom. The minimum atomic E-state index is -4.51. The molecule has 0 saturated carbocycles. The number of carbonyl (C=O) groups is 1. The Bertz CT molecular complexity index is 803. The molecule has 3 rings (SSSR count). The van der Waals surface area contributed by atoms with Crippen molar-refractivity contribution >= 4 is 23.2 Å². The lowest BCUT2D eigenvalue weighted by atomic mass is 10.0. The number of likely N-dealkylation sites (tertiary alicyclic amines) is 1. The smallest absolute Gasteiger partial charge is 0.323 e. The predicted molar refractivity (Wildman–Crippen MR) is 104 cm³/mol. The number of hydrogen-bond donors (Lipinski definition) is 1. The summed E-state index contributed by atoms with van der Waals surface area (Å²) in [4.78, 5) is 15.2. The molecule has 1 atom stereocenters. The fourth-order valence-corrected chi connectivity index (χ4v) is 3.68. The van der Waals surface area contributed by atoms with Crippen molar-refractivity contribution in [1.82, 2.24) is 4.90 Å². The number of nitrogens with zero attached hydrogens (tertiary/aromatic N) is 1. The van der Waals surface area contributed by atoms with Gasteiger partial charge in [0.25, 0.3) is 0 Å². The Morgan fingerprint density at radius 1 is 1.00 bits per heavy atom. The lowest BCUT2D eigenvalue weighted by Crippen LogP contribution is -2.38. The second kappa shape index (κ2) is 8.97. The molecule has 2 aromatic rings. The van der Waals surface area contributed by atoms with E-state index in [9.17, 15) is 18.0 Å². The second-order valence-electron chi connectivity index (χ2n) is 6.95. The van der Waals surface area contributed by atoms with Crippen LogP contribution in [-0.4, -0.2) is 23.9 Å². The third-order valence-corrected chi connectivity index (χ3v) is 5.25. The summed E-state index contributed by atoms with van der Waals surface area (Å²) in [6.07, 6.45) is -0.312. The zero-order chi connectivity index (χ0) is 20.1. The van der Waals surface area contributed by atoms with Gasteiger partial charge in [-0.3, -0.25) is 9.69 Å². The summed E-state index contributed by atoms with van der Waals surface area (Å²) in [7, 11) is 0. The van der Waals surface area contributed by atoms with Crippen molar-refractivity contribution in [2.75, 3.05) is 18.4 Å². The van der Waals surface area contributed by atoms with E-state index in [0.29, 0.717) is 0 Å². The number of amides is 1. The van der Waals surface area contributed by atoms with Crippen molar-refractivity contribution in [2.45, 2.75) is 37.9 Å². The van der Waals surface area contributed by atoms with Crippen LogP contribution in [-0.2, 0) is 11.0 Å². The van der Waals surface area contributed by atoms with Crippen LogP contribution in [0.4, 0.5) is 18.9 Å². The molecule has 1 heterocycles. The number of rotatable bonds is 4. The molecule has 1 unspecified atom stereocenters. The molecule has 3 nitrogen and oxygen atoms in total. The number of nitrogens with one attached hydrogen (secondary N) is 1. The fraction of sp³-hybridized carbons (Fsp3) is 0.381. The molecule has 0 radical (unpaired) electrons. The highest BCUT2D eigenvalue weighted by atomic mass is 35.5. The highest BCUT2D eigenvalue weighted by Gasteiger charge is 2.32. The van der Waals surface area contributed by atoms with Gasteiger partial charge in [-0.2, -0.15) is 13.2 Å². The molecule has 1 aliphatic rings. The first kappa shape index (κ1) is 20.7. The summed E-state index contributed by atoms with van der Waals surface area (Å²) in [5.74, 6) is -0.380. The number of benzene rings is 2. The van der Waals surface area contributed by atoms with Gasteiger partial charge in [0.05, 0.1) is 16.3 Å². The van der Waals surface area contributed by atoms with Gasteiger partial charge in [0, 0.05) is 0 Å². The number of alkyl halides is 3. The maximum absolute atomic E-state index is 13.1. The van der Waals surface area contributed by atoms with Gasteiger partial charge in [-0.25, -0.2) is 0 Å². The maximum atomic E-state index is 13.1. The van der Waals surface area contributed by atoms with Crippen molar-refractivity contribution in [1.29, 1.82) is 0 Å². The normalized spacial score (nSPS) is 17.0. The van der Waals surface area contributed by atoms with Gasteiger partial charge < -0.3 is 5.32 Å². The van der Waals surface area contributed by atoms with Crippen LogP contribution in [0.15, 0.2) is 48.5 Å². The van der Waals surface area contributed by atoms with Crippen LogP contribution in [0.5, 0.6) is 0 Å². The van der Waals surface area contributed by atoms with Crippen LogP contribution in [0, 0.1) is 0 Å². The van der Waals surface area contributed by atoms with Crippen LogP contribution in [0.3, 0.4) is 0 Å². The zero-order valence-corrected chi connectivity index (χ0v) is 16.1. The largest absolute Gasteiger partial charge is 0.416 e.